The summed E-state index contributed by atoms with van der Waals surface area (Å²) in [5.74, 6) is -0.210. The summed E-state index contributed by atoms with van der Waals surface area (Å²) in [4.78, 5) is 10.9. The van der Waals surface area contributed by atoms with Gasteiger partial charge in [0.15, 0.2) is 0 Å². The van der Waals surface area contributed by atoms with Crippen LogP contribution in [0, 0.1) is 0 Å². The minimum Gasteiger partial charge on any atom is -0.469 e. The predicted octanol–water partition coefficient (Wildman–Crippen LogP) is 2.63. The van der Waals surface area contributed by atoms with E-state index in [4.69, 9.17) is 0 Å². The molecule has 0 amide bonds. The van der Waals surface area contributed by atoms with Crippen LogP contribution in [0.1, 0.15) is 20.3 Å². The second-order valence-electron chi connectivity index (χ2n) is 2.50. The number of ether oxygens (including phenoxy) is 1. The Labute approximate surface area is 79.6 Å². The predicted molar refractivity (Wildman–Crippen MR) is 54.3 cm³/mol. The van der Waals surface area contributed by atoms with Crippen LogP contribution in [0.5, 0.6) is 0 Å². The van der Waals surface area contributed by atoms with E-state index in [-0.39, 0.29) is 5.97 Å². The van der Waals surface area contributed by atoms with Gasteiger partial charge in [-0.2, -0.15) is 0 Å². The van der Waals surface area contributed by atoms with Gasteiger partial charge in [0.25, 0.3) is 0 Å². The molecule has 0 N–H and O–H groups in total. The van der Waals surface area contributed by atoms with E-state index < -0.39 is 0 Å². The van der Waals surface area contributed by atoms with Gasteiger partial charge in [-0.05, 0) is 19.4 Å². The van der Waals surface area contributed by atoms with Crippen LogP contribution < -0.4 is 0 Å². The summed E-state index contributed by atoms with van der Waals surface area (Å²) in [6.45, 7) is 3.85. The minimum atomic E-state index is -0.210. The summed E-state index contributed by atoms with van der Waals surface area (Å²) in [6, 6.07) is 0. The normalized spacial score (nSPS) is 12.7. The molecule has 0 fully saturated rings. The fourth-order valence-corrected chi connectivity index (χ4v) is 0.786. The van der Waals surface area contributed by atoms with Crippen molar-refractivity contribution in [2.75, 3.05) is 7.11 Å². The van der Waals surface area contributed by atoms with Crippen molar-refractivity contribution in [1.29, 1.82) is 0 Å². The molecule has 0 heterocycles. The molecule has 72 valence electrons. The molecule has 2 nitrogen and oxygen atoms in total. The van der Waals surface area contributed by atoms with Gasteiger partial charge in [0.05, 0.1) is 13.5 Å². The number of esters is 1. The molecule has 0 aromatic heterocycles. The molecule has 0 rings (SSSR count). The number of methoxy groups -OCH3 is 1. The van der Waals surface area contributed by atoms with Gasteiger partial charge in [-0.15, -0.1) is 0 Å². The molecule has 0 radical (unpaired) electrons. The average Bonchev–Trinajstić information content (AvgIpc) is 2.16. The Morgan fingerprint density at radius 3 is 2.46 bits per heavy atom. The van der Waals surface area contributed by atoms with Gasteiger partial charge in [0.1, 0.15) is 0 Å². The second-order valence-corrected chi connectivity index (χ2v) is 2.50. The summed E-state index contributed by atoms with van der Waals surface area (Å²) >= 11 is 0. The molecule has 0 aliphatic rings. The molecule has 0 atom stereocenters. The topological polar surface area (TPSA) is 26.3 Å². The van der Waals surface area contributed by atoms with Crippen molar-refractivity contribution in [3.8, 4) is 0 Å². The standard InChI is InChI=1S/C11H16O2/c1-4-6-7-8-10(5-2)9-11(12)13-3/h4-8H,9H2,1-3H3/b6-4-,8-7-,10-5+. The van der Waals surface area contributed by atoms with Gasteiger partial charge < -0.3 is 4.74 Å². The van der Waals surface area contributed by atoms with Crippen molar-refractivity contribution in [3.05, 3.63) is 36.0 Å². The van der Waals surface area contributed by atoms with E-state index in [2.05, 4.69) is 4.74 Å². The molecule has 13 heavy (non-hydrogen) atoms. The van der Waals surface area contributed by atoms with Crippen LogP contribution in [0.4, 0.5) is 0 Å². The van der Waals surface area contributed by atoms with E-state index >= 15 is 0 Å². The Balaban J connectivity index is 4.13. The van der Waals surface area contributed by atoms with E-state index in [1.54, 1.807) is 0 Å². The zero-order chi connectivity index (χ0) is 10.1. The van der Waals surface area contributed by atoms with E-state index in [1.807, 2.05) is 44.2 Å². The summed E-state index contributed by atoms with van der Waals surface area (Å²) in [5.41, 5.74) is 0.963. The fourth-order valence-electron chi connectivity index (χ4n) is 0.786. The van der Waals surface area contributed by atoms with Crippen LogP contribution in [0.25, 0.3) is 0 Å². The van der Waals surface area contributed by atoms with Crippen LogP contribution in [0.3, 0.4) is 0 Å². The molecule has 0 aliphatic carbocycles. The summed E-state index contributed by atoms with van der Waals surface area (Å²) in [6.07, 6.45) is 9.88. The zero-order valence-corrected chi connectivity index (χ0v) is 8.41. The highest BCUT2D eigenvalue weighted by Crippen LogP contribution is 2.04. The maximum Gasteiger partial charge on any atom is 0.309 e. The van der Waals surface area contributed by atoms with Crippen LogP contribution in [-0.4, -0.2) is 13.1 Å². The largest absolute Gasteiger partial charge is 0.469 e. The van der Waals surface area contributed by atoms with Crippen LogP contribution in [-0.2, 0) is 9.53 Å². The van der Waals surface area contributed by atoms with E-state index in [9.17, 15) is 4.79 Å². The Hall–Kier alpha value is -1.31. The van der Waals surface area contributed by atoms with Crippen LogP contribution in [0.2, 0.25) is 0 Å². The molecule has 0 aromatic carbocycles. The Bertz CT molecular complexity index is 234. The highest BCUT2D eigenvalue weighted by molar-refractivity contribution is 5.73. The number of carbonyl (C=O) groups is 1. The van der Waals surface area contributed by atoms with Gasteiger partial charge in [-0.1, -0.05) is 30.4 Å². The Morgan fingerprint density at radius 1 is 1.31 bits per heavy atom. The van der Waals surface area contributed by atoms with Crippen molar-refractivity contribution >= 4 is 5.97 Å². The zero-order valence-electron chi connectivity index (χ0n) is 8.41. The third-order valence-corrected chi connectivity index (χ3v) is 1.56. The first-order chi connectivity index (χ1) is 6.24. The molecule has 0 spiro atoms. The van der Waals surface area contributed by atoms with Crippen molar-refractivity contribution in [3.63, 3.8) is 0 Å². The first-order valence-electron chi connectivity index (χ1n) is 4.26. The van der Waals surface area contributed by atoms with E-state index in [1.165, 1.54) is 7.11 Å². The highest BCUT2D eigenvalue weighted by atomic mass is 16.5. The van der Waals surface area contributed by atoms with E-state index in [0.717, 1.165) is 5.57 Å². The van der Waals surface area contributed by atoms with Crippen molar-refractivity contribution in [1.82, 2.24) is 0 Å². The average molecular weight is 180 g/mol. The smallest absolute Gasteiger partial charge is 0.309 e. The maximum atomic E-state index is 10.9. The third-order valence-electron chi connectivity index (χ3n) is 1.56. The SMILES string of the molecule is C\C=C/C=C\C(=C/C)CC(=O)OC. The van der Waals surface area contributed by atoms with Crippen molar-refractivity contribution in [2.45, 2.75) is 20.3 Å². The lowest BCUT2D eigenvalue weighted by atomic mass is 10.1. The molecule has 0 saturated heterocycles. The molecular weight excluding hydrogens is 164 g/mol. The van der Waals surface area contributed by atoms with Gasteiger partial charge in [-0.25, -0.2) is 0 Å². The van der Waals surface area contributed by atoms with E-state index in [0.29, 0.717) is 6.42 Å². The molecule has 0 aromatic rings. The number of hydrogen-bond donors (Lipinski definition) is 0. The number of carbonyl (C=O) groups excluding carboxylic acids is 1. The first kappa shape index (κ1) is 11.7. The lowest BCUT2D eigenvalue weighted by Gasteiger charge is -1.98. The lowest BCUT2D eigenvalue weighted by Crippen LogP contribution is -2.00. The van der Waals surface area contributed by atoms with Gasteiger partial charge >= 0.3 is 5.97 Å². The van der Waals surface area contributed by atoms with Gasteiger partial charge in [0.2, 0.25) is 0 Å². The highest BCUT2D eigenvalue weighted by Gasteiger charge is 2.00. The summed E-state index contributed by atoms with van der Waals surface area (Å²) in [7, 11) is 1.39. The number of hydrogen-bond acceptors (Lipinski definition) is 2. The molecule has 2 heteroatoms. The monoisotopic (exact) mass is 180 g/mol. The quantitative estimate of drug-likeness (QED) is 0.491. The number of rotatable bonds is 4. The van der Waals surface area contributed by atoms with Gasteiger partial charge in [-0.3, -0.25) is 4.79 Å². The minimum absolute atomic E-state index is 0.210. The lowest BCUT2D eigenvalue weighted by molar-refractivity contribution is -0.139. The Morgan fingerprint density at radius 2 is 2.00 bits per heavy atom. The third kappa shape index (κ3) is 5.91. The summed E-state index contributed by atoms with van der Waals surface area (Å²) < 4.78 is 4.56. The molecule has 0 unspecified atom stereocenters. The van der Waals surface area contributed by atoms with Crippen LogP contribution >= 0.6 is 0 Å². The second kappa shape index (κ2) is 7.35. The fraction of sp³-hybridized carbons (Fsp3) is 0.364. The number of allylic oxidation sites excluding steroid dienone is 5. The van der Waals surface area contributed by atoms with Crippen LogP contribution in [0.15, 0.2) is 36.0 Å². The molecule has 0 saturated carbocycles. The summed E-state index contributed by atoms with van der Waals surface area (Å²) in [5, 5.41) is 0. The van der Waals surface area contributed by atoms with Gasteiger partial charge in [0, 0.05) is 0 Å². The van der Waals surface area contributed by atoms with Crippen molar-refractivity contribution < 1.29 is 9.53 Å². The Kier molecular flexibility index (Phi) is 6.60. The van der Waals surface area contributed by atoms with Crippen molar-refractivity contribution in [2.24, 2.45) is 0 Å². The molecule has 0 aliphatic heterocycles. The molecule has 0 bridgehead atoms. The first-order valence-corrected chi connectivity index (χ1v) is 4.26. The maximum absolute atomic E-state index is 10.9. The molecular formula is C11H16O2.